The van der Waals surface area contributed by atoms with Crippen LogP contribution in [0.15, 0.2) is 12.1 Å². The van der Waals surface area contributed by atoms with Gasteiger partial charge in [-0.05, 0) is 25.0 Å². The normalized spacial score (nSPS) is 18.9. The summed E-state index contributed by atoms with van der Waals surface area (Å²) < 4.78 is 26.3. The van der Waals surface area contributed by atoms with Gasteiger partial charge >= 0.3 is 5.97 Å². The third kappa shape index (κ3) is 2.77. The first-order chi connectivity index (χ1) is 9.40. The van der Waals surface area contributed by atoms with E-state index in [1.54, 1.807) is 0 Å². The number of rotatable bonds is 2. The molecular weight excluding hydrogens is 272 g/mol. The van der Waals surface area contributed by atoms with Gasteiger partial charge in [-0.1, -0.05) is 0 Å². The molecule has 1 amide bonds. The first-order valence-electron chi connectivity index (χ1n) is 6.10. The minimum atomic E-state index is -1.51. The lowest BCUT2D eigenvalue weighted by Gasteiger charge is -2.30. The molecule has 2 rings (SSSR count). The number of β-amino-alcohol motifs (C(OH)–C–C–N with tert-alkyl or cyclic N) is 1. The van der Waals surface area contributed by atoms with E-state index in [0.717, 1.165) is 0 Å². The van der Waals surface area contributed by atoms with Gasteiger partial charge in [0.25, 0.3) is 5.91 Å². The molecule has 108 valence electrons. The number of aliphatic hydroxyl groups excluding tert-OH is 1. The maximum Gasteiger partial charge on any atom is 0.336 e. The number of halogens is 2. The van der Waals surface area contributed by atoms with Crippen LogP contribution in [0, 0.1) is 11.6 Å². The number of amides is 1. The summed E-state index contributed by atoms with van der Waals surface area (Å²) in [6.07, 6.45) is 0.429. The van der Waals surface area contributed by atoms with Gasteiger partial charge in [-0.25, -0.2) is 13.6 Å². The summed E-state index contributed by atoms with van der Waals surface area (Å²) in [6, 6.07) is 1.08. The molecule has 0 unspecified atom stereocenters. The number of hydrogen-bond donors (Lipinski definition) is 2. The van der Waals surface area contributed by atoms with E-state index in [9.17, 15) is 23.5 Å². The Morgan fingerprint density at radius 3 is 2.35 bits per heavy atom. The van der Waals surface area contributed by atoms with Gasteiger partial charge in [-0.3, -0.25) is 4.79 Å². The van der Waals surface area contributed by atoms with Crippen molar-refractivity contribution in [1.82, 2.24) is 4.90 Å². The van der Waals surface area contributed by atoms with Crippen molar-refractivity contribution in [3.05, 3.63) is 34.9 Å². The van der Waals surface area contributed by atoms with E-state index in [-0.39, 0.29) is 6.54 Å². The van der Waals surface area contributed by atoms with E-state index in [4.69, 9.17) is 5.11 Å². The van der Waals surface area contributed by atoms with Crippen LogP contribution in [-0.4, -0.2) is 46.2 Å². The highest BCUT2D eigenvalue weighted by Gasteiger charge is 2.27. The minimum Gasteiger partial charge on any atom is -0.478 e. The predicted octanol–water partition coefficient (Wildman–Crippen LogP) is 1.26. The van der Waals surface area contributed by atoms with Crippen molar-refractivity contribution in [2.45, 2.75) is 18.9 Å². The number of aromatic carboxylic acids is 1. The summed E-state index contributed by atoms with van der Waals surface area (Å²) >= 11 is 0. The maximum absolute atomic E-state index is 13.2. The Morgan fingerprint density at radius 1 is 1.20 bits per heavy atom. The molecule has 7 heteroatoms. The fourth-order valence-corrected chi connectivity index (χ4v) is 2.21. The molecule has 1 aromatic carbocycles. The molecule has 0 aliphatic carbocycles. The molecular formula is C13H13F2NO4. The second-order valence-corrected chi connectivity index (χ2v) is 4.66. The first-order valence-corrected chi connectivity index (χ1v) is 6.10. The number of likely N-dealkylation sites (tertiary alicyclic amines) is 1. The number of benzene rings is 1. The van der Waals surface area contributed by atoms with E-state index in [0.29, 0.717) is 31.5 Å². The summed E-state index contributed by atoms with van der Waals surface area (Å²) in [5.41, 5.74) is -1.00. The van der Waals surface area contributed by atoms with Gasteiger partial charge in [0.15, 0.2) is 11.6 Å². The number of carbonyl (C=O) groups is 2. The molecule has 2 N–H and O–H groups in total. The summed E-state index contributed by atoms with van der Waals surface area (Å²) in [7, 11) is 0. The quantitative estimate of drug-likeness (QED) is 0.857. The standard InChI is InChI=1S/C13H13F2NO4/c14-10-4-8(9(13(19)20)5-11(10)15)12(18)16-3-1-2-7(17)6-16/h4-5,7,17H,1-3,6H2,(H,19,20)/t7-/m0/s1. The van der Waals surface area contributed by atoms with Crippen molar-refractivity contribution in [2.75, 3.05) is 13.1 Å². The van der Waals surface area contributed by atoms with Crippen LogP contribution in [0.1, 0.15) is 33.6 Å². The van der Waals surface area contributed by atoms with Crippen molar-refractivity contribution >= 4 is 11.9 Å². The Morgan fingerprint density at radius 2 is 1.80 bits per heavy atom. The van der Waals surface area contributed by atoms with Gasteiger partial charge in [0, 0.05) is 13.1 Å². The molecule has 0 radical (unpaired) electrons. The summed E-state index contributed by atoms with van der Waals surface area (Å²) in [5.74, 6) is -4.83. The van der Waals surface area contributed by atoms with Crippen molar-refractivity contribution in [2.24, 2.45) is 0 Å². The lowest BCUT2D eigenvalue weighted by atomic mass is 10.0. The molecule has 0 aromatic heterocycles. The Labute approximate surface area is 113 Å². The molecule has 5 nitrogen and oxygen atoms in total. The fourth-order valence-electron chi connectivity index (χ4n) is 2.21. The molecule has 0 saturated carbocycles. The van der Waals surface area contributed by atoms with Crippen molar-refractivity contribution in [1.29, 1.82) is 0 Å². The topological polar surface area (TPSA) is 77.8 Å². The van der Waals surface area contributed by atoms with Crippen LogP contribution >= 0.6 is 0 Å². The fraction of sp³-hybridized carbons (Fsp3) is 0.385. The number of hydrogen-bond acceptors (Lipinski definition) is 3. The van der Waals surface area contributed by atoms with Crippen LogP contribution in [0.25, 0.3) is 0 Å². The predicted molar refractivity (Wildman–Crippen MR) is 64.5 cm³/mol. The summed E-state index contributed by atoms with van der Waals surface area (Å²) in [4.78, 5) is 24.5. The number of carboxylic acid groups (broad SMARTS) is 1. The Bertz CT molecular complexity index is 562. The molecule has 1 aliphatic heterocycles. The number of piperidine rings is 1. The van der Waals surface area contributed by atoms with E-state index in [1.165, 1.54) is 4.90 Å². The highest BCUT2D eigenvalue weighted by Crippen LogP contribution is 2.20. The van der Waals surface area contributed by atoms with Crippen molar-refractivity contribution in [3.8, 4) is 0 Å². The first kappa shape index (κ1) is 14.4. The molecule has 1 saturated heterocycles. The highest BCUT2D eigenvalue weighted by atomic mass is 19.2. The number of nitrogens with zero attached hydrogens (tertiary/aromatic N) is 1. The molecule has 1 atom stereocenters. The van der Waals surface area contributed by atoms with Gasteiger partial charge in [-0.2, -0.15) is 0 Å². The second-order valence-electron chi connectivity index (χ2n) is 4.66. The smallest absolute Gasteiger partial charge is 0.336 e. The number of carboxylic acids is 1. The molecule has 20 heavy (non-hydrogen) atoms. The summed E-state index contributed by atoms with van der Waals surface area (Å²) in [6.45, 7) is 0.394. The second kappa shape index (κ2) is 5.54. The van der Waals surface area contributed by atoms with Crippen molar-refractivity contribution in [3.63, 3.8) is 0 Å². The summed E-state index contributed by atoms with van der Waals surface area (Å²) in [5, 5.41) is 18.5. The SMILES string of the molecule is O=C(O)c1cc(F)c(F)cc1C(=O)N1CCC[C@H](O)C1. The Balaban J connectivity index is 2.38. The zero-order valence-corrected chi connectivity index (χ0v) is 10.5. The zero-order valence-electron chi connectivity index (χ0n) is 10.5. The van der Waals surface area contributed by atoms with Crippen LogP contribution in [0.3, 0.4) is 0 Å². The van der Waals surface area contributed by atoms with E-state index in [2.05, 4.69) is 0 Å². The van der Waals surface area contributed by atoms with Crippen LogP contribution in [-0.2, 0) is 0 Å². The third-order valence-corrected chi connectivity index (χ3v) is 3.20. The third-order valence-electron chi connectivity index (χ3n) is 3.20. The molecule has 1 aliphatic rings. The lowest BCUT2D eigenvalue weighted by molar-refractivity contribution is 0.0468. The van der Waals surface area contributed by atoms with Crippen LogP contribution in [0.2, 0.25) is 0 Å². The molecule has 0 bridgehead atoms. The van der Waals surface area contributed by atoms with E-state index in [1.807, 2.05) is 0 Å². The van der Waals surface area contributed by atoms with Crippen LogP contribution < -0.4 is 0 Å². The van der Waals surface area contributed by atoms with Gasteiger partial charge in [-0.15, -0.1) is 0 Å². The van der Waals surface area contributed by atoms with Crippen molar-refractivity contribution < 1.29 is 28.6 Å². The highest BCUT2D eigenvalue weighted by molar-refractivity contribution is 6.04. The Hall–Kier alpha value is -2.02. The molecule has 0 spiro atoms. The molecule has 1 fully saturated rings. The zero-order chi connectivity index (χ0) is 14.9. The van der Waals surface area contributed by atoms with Gasteiger partial charge in [0.05, 0.1) is 17.2 Å². The molecule has 1 aromatic rings. The average molecular weight is 285 g/mol. The van der Waals surface area contributed by atoms with Gasteiger partial charge in [0.2, 0.25) is 0 Å². The Kier molecular flexibility index (Phi) is 3.99. The van der Waals surface area contributed by atoms with E-state index >= 15 is 0 Å². The minimum absolute atomic E-state index is 0.0525. The van der Waals surface area contributed by atoms with Gasteiger partial charge < -0.3 is 15.1 Å². The van der Waals surface area contributed by atoms with Gasteiger partial charge in [0.1, 0.15) is 0 Å². The number of carbonyl (C=O) groups excluding carboxylic acids is 1. The lowest BCUT2D eigenvalue weighted by Crippen LogP contribution is -2.42. The monoisotopic (exact) mass is 285 g/mol. The maximum atomic E-state index is 13.2. The molecule has 1 heterocycles. The number of aliphatic hydroxyl groups is 1. The van der Waals surface area contributed by atoms with Crippen LogP contribution in [0.5, 0.6) is 0 Å². The van der Waals surface area contributed by atoms with E-state index < -0.39 is 40.7 Å². The largest absolute Gasteiger partial charge is 0.478 e. The van der Waals surface area contributed by atoms with Crippen LogP contribution in [0.4, 0.5) is 8.78 Å². The average Bonchev–Trinajstić information content (AvgIpc) is 2.40.